The molecule has 0 aromatic rings. The first-order chi connectivity index (χ1) is 6.06. The van der Waals surface area contributed by atoms with Crippen molar-refractivity contribution >= 4 is 0 Å². The van der Waals surface area contributed by atoms with Gasteiger partial charge >= 0.3 is 0 Å². The van der Waals surface area contributed by atoms with Crippen molar-refractivity contribution in [2.24, 2.45) is 11.7 Å². The monoisotopic (exact) mass is 185 g/mol. The highest BCUT2D eigenvalue weighted by Gasteiger charge is 2.36. The topological polar surface area (TPSA) is 46.2 Å². The second-order valence-electron chi connectivity index (χ2n) is 4.83. The highest BCUT2D eigenvalue weighted by molar-refractivity contribution is 4.91. The first-order valence-electron chi connectivity index (χ1n) is 5.54. The molecule has 0 aromatic carbocycles. The summed E-state index contributed by atoms with van der Waals surface area (Å²) in [5.41, 5.74) is 5.36. The van der Waals surface area contributed by atoms with Crippen LogP contribution in [0, 0.1) is 5.92 Å². The lowest BCUT2D eigenvalue weighted by atomic mass is 9.87. The molecule has 0 amide bonds. The molecule has 1 saturated carbocycles. The molecule has 1 aliphatic rings. The van der Waals surface area contributed by atoms with E-state index in [2.05, 4.69) is 13.8 Å². The van der Waals surface area contributed by atoms with Gasteiger partial charge in [0.2, 0.25) is 0 Å². The second-order valence-corrected chi connectivity index (χ2v) is 4.83. The van der Waals surface area contributed by atoms with Crippen molar-refractivity contribution in [3.8, 4) is 0 Å². The van der Waals surface area contributed by atoms with Gasteiger partial charge in [0, 0.05) is 6.04 Å². The van der Waals surface area contributed by atoms with E-state index in [4.69, 9.17) is 5.73 Å². The van der Waals surface area contributed by atoms with Crippen molar-refractivity contribution in [3.63, 3.8) is 0 Å². The van der Waals surface area contributed by atoms with Crippen LogP contribution < -0.4 is 5.73 Å². The predicted octanol–water partition coefficient (Wildman–Crippen LogP) is 2.05. The maximum absolute atomic E-state index is 10.2. The molecule has 0 bridgehead atoms. The van der Waals surface area contributed by atoms with Gasteiger partial charge in [0.15, 0.2) is 0 Å². The van der Waals surface area contributed by atoms with Crippen LogP contribution in [0.3, 0.4) is 0 Å². The Hall–Kier alpha value is -0.0800. The Labute approximate surface area is 81.5 Å². The molecule has 0 saturated heterocycles. The molecular formula is C11H23NO. The lowest BCUT2D eigenvalue weighted by Gasteiger charge is -2.26. The molecule has 3 N–H and O–H groups in total. The quantitative estimate of drug-likeness (QED) is 0.704. The third-order valence-corrected chi connectivity index (χ3v) is 3.13. The number of hydrogen-bond donors (Lipinski definition) is 2. The van der Waals surface area contributed by atoms with E-state index in [0.29, 0.717) is 5.92 Å². The highest BCUT2D eigenvalue weighted by atomic mass is 16.3. The number of aliphatic hydroxyl groups is 1. The van der Waals surface area contributed by atoms with E-state index in [1.165, 1.54) is 12.8 Å². The van der Waals surface area contributed by atoms with Gasteiger partial charge in [0.25, 0.3) is 0 Å². The minimum Gasteiger partial charge on any atom is -0.390 e. The molecule has 1 rings (SSSR count). The molecule has 0 aliphatic heterocycles. The van der Waals surface area contributed by atoms with E-state index in [9.17, 15) is 5.11 Å². The molecule has 2 heteroatoms. The third kappa shape index (κ3) is 3.28. The smallest absolute Gasteiger partial charge is 0.0665 e. The summed E-state index contributed by atoms with van der Waals surface area (Å²) in [4.78, 5) is 0. The fraction of sp³-hybridized carbons (Fsp3) is 1.00. The number of nitrogens with two attached hydrogens (primary N) is 1. The molecule has 0 aromatic heterocycles. The Balaban J connectivity index is 2.34. The summed E-state index contributed by atoms with van der Waals surface area (Å²) in [6.07, 6.45) is 6.08. The fourth-order valence-corrected chi connectivity index (χ4v) is 2.58. The van der Waals surface area contributed by atoms with Crippen molar-refractivity contribution in [2.45, 2.75) is 64.0 Å². The summed E-state index contributed by atoms with van der Waals surface area (Å²) in [6, 6.07) is 0.235. The van der Waals surface area contributed by atoms with Crippen molar-refractivity contribution in [1.29, 1.82) is 0 Å². The van der Waals surface area contributed by atoms with Gasteiger partial charge in [-0.05, 0) is 31.6 Å². The lowest BCUT2D eigenvalue weighted by Crippen LogP contribution is -2.29. The molecule has 0 radical (unpaired) electrons. The number of hydrogen-bond acceptors (Lipinski definition) is 2. The molecule has 0 spiro atoms. The van der Waals surface area contributed by atoms with Crippen molar-refractivity contribution < 1.29 is 5.11 Å². The molecule has 78 valence electrons. The van der Waals surface area contributed by atoms with E-state index in [-0.39, 0.29) is 6.04 Å². The molecule has 3 atom stereocenters. The third-order valence-electron chi connectivity index (χ3n) is 3.13. The van der Waals surface area contributed by atoms with Gasteiger partial charge in [0.1, 0.15) is 0 Å². The lowest BCUT2D eigenvalue weighted by molar-refractivity contribution is 0.0221. The fourth-order valence-electron chi connectivity index (χ4n) is 2.58. The molecule has 1 fully saturated rings. The van der Waals surface area contributed by atoms with E-state index >= 15 is 0 Å². The first kappa shape index (κ1) is 11.0. The zero-order valence-electron chi connectivity index (χ0n) is 8.92. The normalized spacial score (nSPS) is 36.5. The average molecular weight is 185 g/mol. The van der Waals surface area contributed by atoms with Crippen LogP contribution >= 0.6 is 0 Å². The Morgan fingerprint density at radius 2 is 2.31 bits per heavy atom. The Bertz CT molecular complexity index is 160. The zero-order valence-corrected chi connectivity index (χ0v) is 8.92. The van der Waals surface area contributed by atoms with Crippen LogP contribution in [0.5, 0.6) is 0 Å². The van der Waals surface area contributed by atoms with Gasteiger partial charge in [-0.1, -0.05) is 26.7 Å². The Morgan fingerprint density at radius 3 is 2.77 bits per heavy atom. The standard InChI is InChI=1S/C11H23NO/c1-3-4-9(2)7-11(13)6-5-10(12)8-11/h9-10,13H,3-8,12H2,1-2H3. The van der Waals surface area contributed by atoms with E-state index < -0.39 is 5.60 Å². The summed E-state index contributed by atoms with van der Waals surface area (Å²) in [5.74, 6) is 0.639. The minimum atomic E-state index is -0.437. The average Bonchev–Trinajstić information content (AvgIpc) is 2.30. The van der Waals surface area contributed by atoms with Gasteiger partial charge < -0.3 is 10.8 Å². The Kier molecular flexibility index (Phi) is 3.74. The first-order valence-corrected chi connectivity index (χ1v) is 5.54. The van der Waals surface area contributed by atoms with Crippen molar-refractivity contribution in [2.75, 3.05) is 0 Å². The minimum absolute atomic E-state index is 0.235. The van der Waals surface area contributed by atoms with E-state index in [1.807, 2.05) is 0 Å². The summed E-state index contributed by atoms with van der Waals surface area (Å²) < 4.78 is 0. The van der Waals surface area contributed by atoms with Gasteiger partial charge in [-0.2, -0.15) is 0 Å². The maximum atomic E-state index is 10.2. The summed E-state index contributed by atoms with van der Waals surface area (Å²) >= 11 is 0. The molecule has 3 unspecified atom stereocenters. The van der Waals surface area contributed by atoms with Crippen LogP contribution in [-0.2, 0) is 0 Å². The zero-order chi connectivity index (χ0) is 9.90. The summed E-state index contributed by atoms with van der Waals surface area (Å²) in [6.45, 7) is 4.42. The van der Waals surface area contributed by atoms with E-state index in [1.54, 1.807) is 0 Å². The van der Waals surface area contributed by atoms with Gasteiger partial charge in [0.05, 0.1) is 5.60 Å². The van der Waals surface area contributed by atoms with Crippen LogP contribution in [0.2, 0.25) is 0 Å². The molecular weight excluding hydrogens is 162 g/mol. The summed E-state index contributed by atoms with van der Waals surface area (Å²) in [7, 11) is 0. The van der Waals surface area contributed by atoms with Crippen LogP contribution in [-0.4, -0.2) is 16.7 Å². The molecule has 13 heavy (non-hydrogen) atoms. The van der Waals surface area contributed by atoms with E-state index in [0.717, 1.165) is 25.7 Å². The van der Waals surface area contributed by atoms with Crippen LogP contribution in [0.25, 0.3) is 0 Å². The van der Waals surface area contributed by atoms with Gasteiger partial charge in [-0.3, -0.25) is 0 Å². The van der Waals surface area contributed by atoms with Crippen LogP contribution in [0.15, 0.2) is 0 Å². The van der Waals surface area contributed by atoms with Crippen molar-refractivity contribution in [1.82, 2.24) is 0 Å². The number of rotatable bonds is 4. The van der Waals surface area contributed by atoms with Crippen LogP contribution in [0.4, 0.5) is 0 Å². The summed E-state index contributed by atoms with van der Waals surface area (Å²) in [5, 5.41) is 10.2. The highest BCUT2D eigenvalue weighted by Crippen LogP contribution is 2.35. The molecule has 1 aliphatic carbocycles. The second kappa shape index (κ2) is 4.43. The largest absolute Gasteiger partial charge is 0.390 e. The predicted molar refractivity (Wildman–Crippen MR) is 55.5 cm³/mol. The Morgan fingerprint density at radius 1 is 1.62 bits per heavy atom. The molecule has 0 heterocycles. The van der Waals surface area contributed by atoms with Crippen molar-refractivity contribution in [3.05, 3.63) is 0 Å². The molecule has 2 nitrogen and oxygen atoms in total. The van der Waals surface area contributed by atoms with Crippen LogP contribution in [0.1, 0.15) is 52.4 Å². The van der Waals surface area contributed by atoms with Gasteiger partial charge in [-0.15, -0.1) is 0 Å². The van der Waals surface area contributed by atoms with Gasteiger partial charge in [-0.25, -0.2) is 0 Å². The SMILES string of the molecule is CCCC(C)CC1(O)CCC(N)C1. The maximum Gasteiger partial charge on any atom is 0.0665 e.